The summed E-state index contributed by atoms with van der Waals surface area (Å²) in [6.45, 7) is 0.596. The molecule has 0 spiro atoms. The van der Waals surface area contributed by atoms with Crippen LogP contribution in [0.5, 0.6) is 5.75 Å². The van der Waals surface area contributed by atoms with Gasteiger partial charge >= 0.3 is 0 Å². The minimum absolute atomic E-state index is 0.233. The molecule has 0 saturated carbocycles. The molecule has 0 aliphatic carbocycles. The number of halogens is 2. The quantitative estimate of drug-likeness (QED) is 0.899. The van der Waals surface area contributed by atoms with E-state index in [1.807, 2.05) is 6.07 Å². The summed E-state index contributed by atoms with van der Waals surface area (Å²) in [5, 5.41) is 3.85. The van der Waals surface area contributed by atoms with Gasteiger partial charge in [-0.3, -0.25) is 0 Å². The maximum Gasteiger partial charge on any atom is 0.143 e. The molecule has 0 saturated heterocycles. The van der Waals surface area contributed by atoms with E-state index in [0.29, 0.717) is 17.3 Å². The maximum atomic E-state index is 12.8. The molecule has 0 aliphatic rings. The van der Waals surface area contributed by atoms with Crippen LogP contribution in [0.4, 0.5) is 10.1 Å². The molecular weight excluding hydrogens is 253 g/mol. The molecule has 2 aromatic rings. The van der Waals surface area contributed by atoms with Gasteiger partial charge in [-0.15, -0.1) is 0 Å². The lowest BCUT2D eigenvalue weighted by atomic mass is 10.2. The number of nitrogens with one attached hydrogen (secondary N) is 1. The van der Waals surface area contributed by atoms with Crippen LogP contribution in [-0.2, 0) is 6.54 Å². The Balaban J connectivity index is 2.08. The van der Waals surface area contributed by atoms with E-state index in [1.54, 1.807) is 31.4 Å². The van der Waals surface area contributed by atoms with E-state index in [0.717, 1.165) is 11.3 Å². The molecule has 0 atom stereocenters. The van der Waals surface area contributed by atoms with Crippen LogP contribution in [0.25, 0.3) is 0 Å². The highest BCUT2D eigenvalue weighted by Gasteiger charge is 2.03. The fraction of sp³-hybridized carbons (Fsp3) is 0.143. The van der Waals surface area contributed by atoms with Crippen molar-refractivity contribution in [2.75, 3.05) is 12.4 Å². The van der Waals surface area contributed by atoms with Gasteiger partial charge in [0.1, 0.15) is 11.6 Å². The molecule has 2 rings (SSSR count). The van der Waals surface area contributed by atoms with Crippen molar-refractivity contribution in [3.8, 4) is 5.75 Å². The van der Waals surface area contributed by atoms with E-state index >= 15 is 0 Å². The lowest BCUT2D eigenvalue weighted by molar-refractivity contribution is 0.416. The van der Waals surface area contributed by atoms with Crippen LogP contribution in [0.3, 0.4) is 0 Å². The molecule has 0 bridgehead atoms. The minimum atomic E-state index is -0.233. The van der Waals surface area contributed by atoms with Crippen molar-refractivity contribution in [1.82, 2.24) is 0 Å². The zero-order valence-electron chi connectivity index (χ0n) is 9.91. The summed E-state index contributed by atoms with van der Waals surface area (Å²) in [6, 6.07) is 11.7. The smallest absolute Gasteiger partial charge is 0.143 e. The molecule has 0 radical (unpaired) electrons. The molecular formula is C14H13ClFNO. The number of benzene rings is 2. The predicted octanol–water partition coefficient (Wildman–Crippen LogP) is 4.10. The summed E-state index contributed by atoms with van der Waals surface area (Å²) < 4.78 is 18.0. The molecule has 2 nitrogen and oxygen atoms in total. The topological polar surface area (TPSA) is 21.3 Å². The fourth-order valence-electron chi connectivity index (χ4n) is 1.61. The van der Waals surface area contributed by atoms with Crippen LogP contribution in [-0.4, -0.2) is 7.11 Å². The van der Waals surface area contributed by atoms with Crippen molar-refractivity contribution in [3.63, 3.8) is 0 Å². The van der Waals surface area contributed by atoms with E-state index in [2.05, 4.69) is 5.32 Å². The summed E-state index contributed by atoms with van der Waals surface area (Å²) in [5.74, 6) is 0.451. The van der Waals surface area contributed by atoms with Crippen molar-refractivity contribution in [2.24, 2.45) is 0 Å². The summed E-state index contributed by atoms with van der Waals surface area (Å²) in [7, 11) is 1.59. The summed E-state index contributed by atoms with van der Waals surface area (Å²) in [4.78, 5) is 0. The molecule has 2 aromatic carbocycles. The second-order valence-electron chi connectivity index (χ2n) is 3.82. The first-order valence-corrected chi connectivity index (χ1v) is 5.88. The molecule has 0 aromatic heterocycles. The Kier molecular flexibility index (Phi) is 4.05. The van der Waals surface area contributed by atoms with Crippen LogP contribution >= 0.6 is 11.6 Å². The molecule has 18 heavy (non-hydrogen) atoms. The largest absolute Gasteiger partial charge is 0.495 e. The SMILES string of the molecule is COc1cc(Cl)ccc1NCc1ccc(F)cc1. The molecule has 0 aliphatic heterocycles. The van der Waals surface area contributed by atoms with E-state index in [4.69, 9.17) is 16.3 Å². The van der Waals surface area contributed by atoms with Gasteiger partial charge in [-0.2, -0.15) is 0 Å². The molecule has 4 heteroatoms. The Bertz CT molecular complexity index is 528. The first-order valence-electron chi connectivity index (χ1n) is 5.51. The minimum Gasteiger partial charge on any atom is -0.495 e. The van der Waals surface area contributed by atoms with Gasteiger partial charge < -0.3 is 10.1 Å². The normalized spacial score (nSPS) is 10.2. The van der Waals surface area contributed by atoms with Crippen molar-refractivity contribution >= 4 is 17.3 Å². The average molecular weight is 266 g/mol. The molecule has 1 N–H and O–H groups in total. The first-order chi connectivity index (χ1) is 8.69. The van der Waals surface area contributed by atoms with Gasteiger partial charge in [0.2, 0.25) is 0 Å². The summed E-state index contributed by atoms with van der Waals surface area (Å²) in [5.41, 5.74) is 1.85. The number of hydrogen-bond donors (Lipinski definition) is 1. The highest BCUT2D eigenvalue weighted by atomic mass is 35.5. The number of hydrogen-bond acceptors (Lipinski definition) is 2. The molecule has 0 amide bonds. The standard InChI is InChI=1S/C14H13ClFNO/c1-18-14-8-11(15)4-7-13(14)17-9-10-2-5-12(16)6-3-10/h2-8,17H,9H2,1H3. The molecule has 0 unspecified atom stereocenters. The van der Waals surface area contributed by atoms with Gasteiger partial charge in [0, 0.05) is 17.6 Å². The molecule has 0 fully saturated rings. The van der Waals surface area contributed by atoms with Crippen LogP contribution in [0.2, 0.25) is 5.02 Å². The first kappa shape index (κ1) is 12.7. The van der Waals surface area contributed by atoms with Gasteiger partial charge in [0.25, 0.3) is 0 Å². The number of methoxy groups -OCH3 is 1. The summed E-state index contributed by atoms with van der Waals surface area (Å²) >= 11 is 5.88. The fourth-order valence-corrected chi connectivity index (χ4v) is 1.77. The van der Waals surface area contributed by atoms with Crippen LogP contribution in [0, 0.1) is 5.82 Å². The Hall–Kier alpha value is -1.74. The van der Waals surface area contributed by atoms with Crippen LogP contribution in [0.1, 0.15) is 5.56 Å². The Morgan fingerprint density at radius 3 is 2.56 bits per heavy atom. The van der Waals surface area contributed by atoms with E-state index in [-0.39, 0.29) is 5.82 Å². The van der Waals surface area contributed by atoms with Gasteiger partial charge in [-0.05, 0) is 29.8 Å². The highest BCUT2D eigenvalue weighted by Crippen LogP contribution is 2.28. The van der Waals surface area contributed by atoms with Crippen molar-refractivity contribution in [1.29, 1.82) is 0 Å². The zero-order chi connectivity index (χ0) is 13.0. The Labute approximate surface area is 110 Å². The van der Waals surface area contributed by atoms with Gasteiger partial charge in [0.05, 0.1) is 12.8 Å². The Morgan fingerprint density at radius 2 is 1.89 bits per heavy atom. The second-order valence-corrected chi connectivity index (χ2v) is 4.26. The summed E-state index contributed by atoms with van der Waals surface area (Å²) in [6.07, 6.45) is 0. The van der Waals surface area contributed by atoms with Gasteiger partial charge in [-0.25, -0.2) is 4.39 Å². The van der Waals surface area contributed by atoms with E-state index < -0.39 is 0 Å². The maximum absolute atomic E-state index is 12.8. The van der Waals surface area contributed by atoms with Crippen LogP contribution < -0.4 is 10.1 Å². The number of ether oxygens (including phenoxy) is 1. The molecule has 94 valence electrons. The number of anilines is 1. The van der Waals surface area contributed by atoms with Crippen molar-refractivity contribution in [3.05, 3.63) is 58.9 Å². The van der Waals surface area contributed by atoms with E-state index in [1.165, 1.54) is 12.1 Å². The number of rotatable bonds is 4. The lowest BCUT2D eigenvalue weighted by Gasteiger charge is -2.11. The van der Waals surface area contributed by atoms with Crippen LogP contribution in [0.15, 0.2) is 42.5 Å². The monoisotopic (exact) mass is 265 g/mol. The van der Waals surface area contributed by atoms with E-state index in [9.17, 15) is 4.39 Å². The Morgan fingerprint density at radius 1 is 1.17 bits per heavy atom. The van der Waals surface area contributed by atoms with Gasteiger partial charge in [-0.1, -0.05) is 23.7 Å². The average Bonchev–Trinajstić information content (AvgIpc) is 2.39. The lowest BCUT2D eigenvalue weighted by Crippen LogP contribution is -2.01. The highest BCUT2D eigenvalue weighted by molar-refractivity contribution is 6.30. The third kappa shape index (κ3) is 3.14. The third-order valence-electron chi connectivity index (χ3n) is 2.56. The van der Waals surface area contributed by atoms with Gasteiger partial charge in [0.15, 0.2) is 0 Å². The predicted molar refractivity (Wildman–Crippen MR) is 71.7 cm³/mol. The zero-order valence-corrected chi connectivity index (χ0v) is 10.7. The third-order valence-corrected chi connectivity index (χ3v) is 2.79. The molecule has 0 heterocycles. The second kappa shape index (κ2) is 5.74. The van der Waals surface area contributed by atoms with Crippen molar-refractivity contribution < 1.29 is 9.13 Å². The van der Waals surface area contributed by atoms with Crippen molar-refractivity contribution in [2.45, 2.75) is 6.54 Å².